The summed E-state index contributed by atoms with van der Waals surface area (Å²) in [5.74, 6) is 0.157. The number of rotatable bonds is 4. The van der Waals surface area contributed by atoms with Crippen LogP contribution in [0.1, 0.15) is 17.2 Å². The molecule has 2 heterocycles. The van der Waals surface area contributed by atoms with Gasteiger partial charge in [0.1, 0.15) is 0 Å². The van der Waals surface area contributed by atoms with E-state index in [0.29, 0.717) is 6.42 Å². The zero-order chi connectivity index (χ0) is 18.6. The lowest BCUT2D eigenvalue weighted by Crippen LogP contribution is -2.49. The zero-order valence-electron chi connectivity index (χ0n) is 15.5. The average molecular weight is 360 g/mol. The normalized spacial score (nSPS) is 17.8. The molecule has 27 heavy (non-hydrogen) atoms. The minimum absolute atomic E-state index is 0.0987. The summed E-state index contributed by atoms with van der Waals surface area (Å²) in [6.45, 7) is 2.51. The fourth-order valence-electron chi connectivity index (χ4n) is 3.63. The van der Waals surface area contributed by atoms with E-state index in [2.05, 4.69) is 29.2 Å². The van der Waals surface area contributed by atoms with Gasteiger partial charge in [0.25, 0.3) is 0 Å². The lowest BCUT2D eigenvalue weighted by molar-refractivity contribution is -0.135. The third kappa shape index (κ3) is 3.93. The summed E-state index contributed by atoms with van der Waals surface area (Å²) >= 11 is 0. The number of likely N-dealkylation sites (N-methyl/N-ethyl adjacent to an activating group) is 1. The molecule has 1 aliphatic rings. The molecule has 4 rings (SSSR count). The Morgan fingerprint density at radius 2 is 1.74 bits per heavy atom. The van der Waals surface area contributed by atoms with Gasteiger partial charge in [-0.05, 0) is 30.3 Å². The quantitative estimate of drug-likeness (QED) is 0.718. The summed E-state index contributed by atoms with van der Waals surface area (Å²) in [4.78, 5) is 17.4. The molecule has 1 aromatic heterocycles. The van der Waals surface area contributed by atoms with Gasteiger partial charge in [-0.2, -0.15) is 5.10 Å². The van der Waals surface area contributed by atoms with Gasteiger partial charge in [-0.1, -0.05) is 48.5 Å². The molecule has 1 aliphatic heterocycles. The van der Waals surface area contributed by atoms with E-state index in [1.807, 2.05) is 64.3 Å². The van der Waals surface area contributed by atoms with E-state index in [4.69, 9.17) is 0 Å². The van der Waals surface area contributed by atoms with Crippen LogP contribution in [0.3, 0.4) is 0 Å². The van der Waals surface area contributed by atoms with Crippen molar-refractivity contribution in [2.45, 2.75) is 12.5 Å². The van der Waals surface area contributed by atoms with Crippen LogP contribution in [0, 0.1) is 0 Å². The largest absolute Gasteiger partial charge is 0.333 e. The van der Waals surface area contributed by atoms with Crippen molar-refractivity contribution in [1.82, 2.24) is 19.6 Å². The summed E-state index contributed by atoms with van der Waals surface area (Å²) in [5.41, 5.74) is 3.13. The molecule has 0 aliphatic carbocycles. The number of para-hydroxylation sites is 1. The van der Waals surface area contributed by atoms with E-state index in [1.54, 1.807) is 6.20 Å². The van der Waals surface area contributed by atoms with E-state index in [9.17, 15) is 4.79 Å². The zero-order valence-corrected chi connectivity index (χ0v) is 15.5. The van der Waals surface area contributed by atoms with E-state index in [1.165, 1.54) is 5.56 Å². The highest BCUT2D eigenvalue weighted by molar-refractivity contribution is 5.79. The van der Waals surface area contributed by atoms with E-state index >= 15 is 0 Å². The molecule has 1 fully saturated rings. The Bertz CT molecular complexity index is 891. The fraction of sp³-hybridized carbons (Fsp3) is 0.273. The first kappa shape index (κ1) is 17.5. The number of amides is 1. The number of aromatic nitrogens is 2. The first-order chi connectivity index (χ1) is 13.2. The summed E-state index contributed by atoms with van der Waals surface area (Å²) in [5, 5.41) is 4.41. The van der Waals surface area contributed by atoms with Gasteiger partial charge in [0.2, 0.25) is 5.91 Å². The number of hydrogen-bond acceptors (Lipinski definition) is 3. The van der Waals surface area contributed by atoms with Crippen LogP contribution in [0.4, 0.5) is 0 Å². The Hall–Kier alpha value is -2.92. The van der Waals surface area contributed by atoms with Crippen LogP contribution in [-0.4, -0.2) is 52.2 Å². The summed E-state index contributed by atoms with van der Waals surface area (Å²) in [6, 6.07) is 20.4. The SMILES string of the molecule is CN1CCN(C(=O)Cc2cnn(-c3ccccc3)c2)C(c2ccccc2)C1. The molecular weight excluding hydrogens is 336 g/mol. The van der Waals surface area contributed by atoms with Gasteiger partial charge >= 0.3 is 0 Å². The second-order valence-electron chi connectivity index (χ2n) is 7.08. The molecule has 3 aromatic rings. The average Bonchev–Trinajstić information content (AvgIpc) is 3.17. The molecule has 2 aromatic carbocycles. The molecule has 138 valence electrons. The van der Waals surface area contributed by atoms with Crippen molar-refractivity contribution in [2.24, 2.45) is 0 Å². The number of hydrogen-bond donors (Lipinski definition) is 0. The Balaban J connectivity index is 1.51. The van der Waals surface area contributed by atoms with Crippen LogP contribution in [0.15, 0.2) is 73.1 Å². The van der Waals surface area contributed by atoms with Crippen molar-refractivity contribution < 1.29 is 4.79 Å². The maximum atomic E-state index is 13.1. The van der Waals surface area contributed by atoms with Crippen molar-refractivity contribution in [2.75, 3.05) is 26.7 Å². The molecule has 0 N–H and O–H groups in total. The van der Waals surface area contributed by atoms with Gasteiger partial charge in [0.05, 0.1) is 24.3 Å². The Morgan fingerprint density at radius 3 is 2.48 bits per heavy atom. The first-order valence-corrected chi connectivity index (χ1v) is 9.32. The molecule has 5 heteroatoms. The maximum Gasteiger partial charge on any atom is 0.227 e. The van der Waals surface area contributed by atoms with E-state index in [-0.39, 0.29) is 11.9 Å². The van der Waals surface area contributed by atoms with Gasteiger partial charge in [-0.25, -0.2) is 4.68 Å². The molecule has 0 saturated carbocycles. The van der Waals surface area contributed by atoms with Crippen LogP contribution in [0.2, 0.25) is 0 Å². The minimum Gasteiger partial charge on any atom is -0.333 e. The third-order valence-electron chi connectivity index (χ3n) is 5.10. The monoisotopic (exact) mass is 360 g/mol. The van der Waals surface area contributed by atoms with E-state index < -0.39 is 0 Å². The van der Waals surface area contributed by atoms with Crippen molar-refractivity contribution in [3.05, 3.63) is 84.2 Å². The highest BCUT2D eigenvalue weighted by Gasteiger charge is 2.30. The number of benzene rings is 2. The molecule has 5 nitrogen and oxygen atoms in total. The number of nitrogens with zero attached hydrogens (tertiary/aromatic N) is 4. The topological polar surface area (TPSA) is 41.4 Å². The minimum atomic E-state index is 0.0987. The summed E-state index contributed by atoms with van der Waals surface area (Å²) in [7, 11) is 2.11. The highest BCUT2D eigenvalue weighted by atomic mass is 16.2. The molecule has 1 atom stereocenters. The Morgan fingerprint density at radius 1 is 1.04 bits per heavy atom. The van der Waals surface area contributed by atoms with Gasteiger partial charge < -0.3 is 9.80 Å². The summed E-state index contributed by atoms with van der Waals surface area (Å²) in [6.07, 6.45) is 4.11. The second-order valence-corrected chi connectivity index (χ2v) is 7.08. The van der Waals surface area contributed by atoms with Gasteiger partial charge in [0, 0.05) is 25.8 Å². The number of carbonyl (C=O) groups excluding carboxylic acids is 1. The number of piperazine rings is 1. The van der Waals surface area contributed by atoms with Crippen LogP contribution in [0.5, 0.6) is 0 Å². The van der Waals surface area contributed by atoms with Crippen LogP contribution in [-0.2, 0) is 11.2 Å². The second kappa shape index (κ2) is 7.76. The van der Waals surface area contributed by atoms with Gasteiger partial charge in [0.15, 0.2) is 0 Å². The van der Waals surface area contributed by atoms with Crippen molar-refractivity contribution in [3.8, 4) is 5.69 Å². The predicted octanol–water partition coefficient (Wildman–Crippen LogP) is 2.93. The standard InChI is InChI=1S/C22H24N4O/c1-24-12-13-25(21(17-24)19-8-4-2-5-9-19)22(27)14-18-15-23-26(16-18)20-10-6-3-7-11-20/h2-11,15-16,21H,12-14,17H2,1H3. The van der Waals surface area contributed by atoms with Gasteiger partial charge in [-0.3, -0.25) is 4.79 Å². The highest BCUT2D eigenvalue weighted by Crippen LogP contribution is 2.25. The van der Waals surface area contributed by atoms with Crippen LogP contribution < -0.4 is 0 Å². The molecule has 1 amide bonds. The molecule has 1 saturated heterocycles. The predicted molar refractivity (Wildman–Crippen MR) is 106 cm³/mol. The van der Waals surface area contributed by atoms with Crippen molar-refractivity contribution in [1.29, 1.82) is 0 Å². The van der Waals surface area contributed by atoms with Crippen molar-refractivity contribution in [3.63, 3.8) is 0 Å². The molecule has 0 bridgehead atoms. The fourth-order valence-corrected chi connectivity index (χ4v) is 3.63. The molecular formula is C22H24N4O. The van der Waals surface area contributed by atoms with E-state index in [0.717, 1.165) is 30.9 Å². The molecule has 0 spiro atoms. The lowest BCUT2D eigenvalue weighted by Gasteiger charge is -2.40. The number of carbonyl (C=O) groups is 1. The van der Waals surface area contributed by atoms with Gasteiger partial charge in [-0.15, -0.1) is 0 Å². The van der Waals surface area contributed by atoms with Crippen LogP contribution in [0.25, 0.3) is 5.69 Å². The first-order valence-electron chi connectivity index (χ1n) is 9.32. The lowest BCUT2D eigenvalue weighted by atomic mass is 10.0. The summed E-state index contributed by atoms with van der Waals surface area (Å²) < 4.78 is 1.82. The Labute approximate surface area is 159 Å². The van der Waals surface area contributed by atoms with Crippen molar-refractivity contribution >= 4 is 5.91 Å². The molecule has 1 unspecified atom stereocenters. The third-order valence-corrected chi connectivity index (χ3v) is 5.10. The smallest absolute Gasteiger partial charge is 0.227 e. The maximum absolute atomic E-state index is 13.1. The molecule has 0 radical (unpaired) electrons. The Kier molecular flexibility index (Phi) is 5.03. The van der Waals surface area contributed by atoms with Crippen LogP contribution >= 0.6 is 0 Å².